The zero-order valence-corrected chi connectivity index (χ0v) is 13.6. The van der Waals surface area contributed by atoms with Gasteiger partial charge in [0, 0.05) is 8.04 Å². The molecule has 2 N–H and O–H groups in total. The van der Waals surface area contributed by atoms with Gasteiger partial charge in [0.15, 0.2) is 0 Å². The number of hydrogen-bond donors (Lipinski definition) is 2. The summed E-state index contributed by atoms with van der Waals surface area (Å²) in [5.74, 6) is -0.145. The van der Waals surface area contributed by atoms with Crippen molar-refractivity contribution in [2.75, 3.05) is 5.32 Å². The monoisotopic (exact) mass is 419 g/mol. The molecule has 0 aliphatic rings. The lowest BCUT2D eigenvalue weighted by Crippen LogP contribution is -2.13. The van der Waals surface area contributed by atoms with Crippen molar-refractivity contribution in [1.82, 2.24) is 10.2 Å². The van der Waals surface area contributed by atoms with Crippen LogP contribution in [0.5, 0.6) is 0 Å². The summed E-state index contributed by atoms with van der Waals surface area (Å²) in [4.78, 5) is 12.2. The zero-order chi connectivity index (χ0) is 13.3. The molecule has 0 saturated carbocycles. The molecule has 2 aromatic rings. The molecule has 1 heterocycles. The average molecular weight is 420 g/mol. The molecule has 0 aliphatic carbocycles. The zero-order valence-electron chi connectivity index (χ0n) is 9.84. The molecule has 0 radical (unpaired) electrons. The predicted octanol–water partition coefficient (Wildman–Crippen LogP) is 3.65. The summed E-state index contributed by atoms with van der Waals surface area (Å²) in [6.07, 6.45) is 0. The smallest absolute Gasteiger partial charge is 0.256 e. The minimum absolute atomic E-state index is 0.145. The van der Waals surface area contributed by atoms with E-state index in [0.29, 0.717) is 5.56 Å². The van der Waals surface area contributed by atoms with E-state index in [0.717, 1.165) is 25.1 Å². The average Bonchev–Trinajstić information content (AvgIpc) is 2.64. The maximum atomic E-state index is 12.2. The van der Waals surface area contributed by atoms with Crippen LogP contribution in [0.1, 0.15) is 21.7 Å². The van der Waals surface area contributed by atoms with Gasteiger partial charge < -0.3 is 5.32 Å². The highest BCUT2D eigenvalue weighted by atomic mass is 127. The van der Waals surface area contributed by atoms with Crippen LogP contribution >= 0.6 is 38.5 Å². The van der Waals surface area contributed by atoms with Gasteiger partial charge in [0.05, 0.1) is 22.6 Å². The fourth-order valence-corrected chi connectivity index (χ4v) is 2.51. The Labute approximate surface area is 127 Å². The Morgan fingerprint density at radius 3 is 2.78 bits per heavy atom. The van der Waals surface area contributed by atoms with Gasteiger partial charge in [-0.2, -0.15) is 5.10 Å². The minimum Gasteiger partial charge on any atom is -0.319 e. The second-order valence-electron chi connectivity index (χ2n) is 3.89. The normalized spacial score (nSPS) is 10.4. The molecule has 6 heteroatoms. The van der Waals surface area contributed by atoms with E-state index >= 15 is 0 Å². The third-order valence-electron chi connectivity index (χ3n) is 2.54. The summed E-state index contributed by atoms with van der Waals surface area (Å²) in [5.41, 5.74) is 2.98. The maximum Gasteiger partial charge on any atom is 0.256 e. The van der Waals surface area contributed by atoms with Crippen molar-refractivity contribution >= 4 is 50.1 Å². The quantitative estimate of drug-likeness (QED) is 0.730. The number of hydrogen-bond acceptors (Lipinski definition) is 2. The Bertz CT molecular complexity index is 590. The van der Waals surface area contributed by atoms with Gasteiger partial charge in [-0.25, -0.2) is 0 Å². The van der Waals surface area contributed by atoms with Crippen molar-refractivity contribution in [3.05, 3.63) is 43.2 Å². The van der Waals surface area contributed by atoms with E-state index in [2.05, 4.69) is 54.0 Å². The topological polar surface area (TPSA) is 57.8 Å². The van der Waals surface area contributed by atoms with E-state index in [1.54, 1.807) is 0 Å². The highest BCUT2D eigenvalue weighted by Gasteiger charge is 2.14. The van der Waals surface area contributed by atoms with E-state index in [9.17, 15) is 4.79 Å². The molecule has 4 nitrogen and oxygen atoms in total. The minimum atomic E-state index is -0.145. The number of aryl methyl sites for hydroxylation is 2. The first-order valence-corrected chi connectivity index (χ1v) is 7.14. The van der Waals surface area contributed by atoms with Gasteiger partial charge in [-0.1, -0.05) is 0 Å². The summed E-state index contributed by atoms with van der Waals surface area (Å²) >= 11 is 5.56. The van der Waals surface area contributed by atoms with Crippen LogP contribution in [0.2, 0.25) is 0 Å². The molecule has 94 valence electrons. The molecule has 0 atom stereocenters. The lowest BCUT2D eigenvalue weighted by atomic mass is 10.2. The summed E-state index contributed by atoms with van der Waals surface area (Å²) in [7, 11) is 0. The first-order valence-electron chi connectivity index (χ1n) is 5.27. The van der Waals surface area contributed by atoms with E-state index < -0.39 is 0 Å². The number of halogens is 2. The van der Waals surface area contributed by atoms with Crippen LogP contribution in [0.3, 0.4) is 0 Å². The van der Waals surface area contributed by atoms with Gasteiger partial charge in [-0.05, 0) is 70.6 Å². The number of amides is 1. The number of carbonyl (C=O) groups is 1. The molecule has 1 aromatic carbocycles. The Morgan fingerprint density at radius 2 is 2.17 bits per heavy atom. The van der Waals surface area contributed by atoms with Crippen LogP contribution in [-0.2, 0) is 0 Å². The summed E-state index contributed by atoms with van der Waals surface area (Å²) in [6, 6.07) is 5.65. The fourth-order valence-electron chi connectivity index (χ4n) is 1.59. The van der Waals surface area contributed by atoms with Gasteiger partial charge in [-0.15, -0.1) is 0 Å². The van der Waals surface area contributed by atoms with Gasteiger partial charge in [0.2, 0.25) is 0 Å². The molecule has 0 aliphatic heterocycles. The van der Waals surface area contributed by atoms with E-state index in [4.69, 9.17) is 0 Å². The highest BCUT2D eigenvalue weighted by Crippen LogP contribution is 2.22. The SMILES string of the molecule is Cc1n[nH]c(C)c1NC(=O)c1cc(I)ccc1Br. The third-order valence-corrected chi connectivity index (χ3v) is 3.90. The Morgan fingerprint density at radius 1 is 1.44 bits per heavy atom. The molecule has 0 unspecified atom stereocenters. The lowest BCUT2D eigenvalue weighted by molar-refractivity contribution is 0.102. The van der Waals surface area contributed by atoms with Crippen molar-refractivity contribution in [3.63, 3.8) is 0 Å². The number of carbonyl (C=O) groups excluding carboxylic acids is 1. The fraction of sp³-hybridized carbons (Fsp3) is 0.167. The first-order chi connectivity index (χ1) is 8.49. The second-order valence-corrected chi connectivity index (χ2v) is 5.99. The number of anilines is 1. The summed E-state index contributed by atoms with van der Waals surface area (Å²) in [5, 5.41) is 9.77. The number of nitrogens with zero attached hydrogens (tertiary/aromatic N) is 1. The number of aromatic amines is 1. The molecule has 1 amide bonds. The van der Waals surface area contributed by atoms with E-state index in [-0.39, 0.29) is 5.91 Å². The number of H-pyrrole nitrogens is 1. The number of nitrogens with one attached hydrogen (secondary N) is 2. The van der Waals surface area contributed by atoms with E-state index in [1.165, 1.54) is 0 Å². The Hall–Kier alpha value is -0.890. The number of aromatic nitrogens is 2. The predicted molar refractivity (Wildman–Crippen MR) is 82.9 cm³/mol. The van der Waals surface area contributed by atoms with Crippen molar-refractivity contribution in [1.29, 1.82) is 0 Å². The summed E-state index contributed by atoms with van der Waals surface area (Å²) in [6.45, 7) is 3.72. The van der Waals surface area contributed by atoms with Crippen molar-refractivity contribution in [2.45, 2.75) is 13.8 Å². The van der Waals surface area contributed by atoms with Crippen LogP contribution in [0.15, 0.2) is 22.7 Å². The lowest BCUT2D eigenvalue weighted by Gasteiger charge is -2.07. The molecule has 0 fully saturated rings. The Balaban J connectivity index is 2.30. The largest absolute Gasteiger partial charge is 0.319 e. The van der Waals surface area contributed by atoms with Gasteiger partial charge in [0.1, 0.15) is 0 Å². The number of benzene rings is 1. The molecule has 0 bridgehead atoms. The van der Waals surface area contributed by atoms with Crippen LogP contribution in [0.4, 0.5) is 5.69 Å². The molecule has 18 heavy (non-hydrogen) atoms. The van der Waals surface area contributed by atoms with Crippen LogP contribution < -0.4 is 5.32 Å². The maximum absolute atomic E-state index is 12.2. The van der Waals surface area contributed by atoms with Gasteiger partial charge in [-0.3, -0.25) is 9.89 Å². The first kappa shape index (κ1) is 13.5. The van der Waals surface area contributed by atoms with Crippen LogP contribution in [-0.4, -0.2) is 16.1 Å². The molecule has 1 aromatic heterocycles. The molecular weight excluding hydrogens is 409 g/mol. The standard InChI is InChI=1S/C12H11BrIN3O/c1-6-11(7(2)17-16-6)15-12(18)9-5-8(14)3-4-10(9)13/h3-5H,1-2H3,(H,15,18)(H,16,17). The second kappa shape index (κ2) is 5.40. The van der Waals surface area contributed by atoms with Crippen molar-refractivity contribution in [3.8, 4) is 0 Å². The highest BCUT2D eigenvalue weighted by molar-refractivity contribution is 14.1. The Kier molecular flexibility index (Phi) is 4.06. The third kappa shape index (κ3) is 2.74. The van der Waals surface area contributed by atoms with Gasteiger partial charge in [0.25, 0.3) is 5.91 Å². The summed E-state index contributed by atoms with van der Waals surface area (Å²) < 4.78 is 1.79. The van der Waals surface area contributed by atoms with E-state index in [1.807, 2.05) is 32.0 Å². The molecular formula is C12H11BrIN3O. The molecule has 0 saturated heterocycles. The molecule has 2 rings (SSSR count). The van der Waals surface area contributed by atoms with Crippen molar-refractivity contribution < 1.29 is 4.79 Å². The van der Waals surface area contributed by atoms with Crippen LogP contribution in [0.25, 0.3) is 0 Å². The molecule has 0 spiro atoms. The van der Waals surface area contributed by atoms with Gasteiger partial charge >= 0.3 is 0 Å². The number of rotatable bonds is 2. The van der Waals surface area contributed by atoms with Crippen LogP contribution in [0, 0.1) is 17.4 Å². The van der Waals surface area contributed by atoms with Crippen molar-refractivity contribution in [2.24, 2.45) is 0 Å².